The molecule has 0 bridgehead atoms. The molecular formula is C15H28N2O. The predicted molar refractivity (Wildman–Crippen MR) is 74.0 cm³/mol. The molecule has 1 heterocycles. The van der Waals surface area contributed by atoms with Gasteiger partial charge < -0.3 is 4.90 Å². The lowest BCUT2D eigenvalue weighted by Crippen LogP contribution is -2.44. The lowest BCUT2D eigenvalue weighted by atomic mass is 10.0. The summed E-state index contributed by atoms with van der Waals surface area (Å²) in [7, 11) is 0. The highest BCUT2D eigenvalue weighted by molar-refractivity contribution is 5.85. The number of hydrogen-bond donors (Lipinski definition) is 1. The summed E-state index contributed by atoms with van der Waals surface area (Å²) in [6, 6.07) is 0.482. The van der Waals surface area contributed by atoms with Crippen LogP contribution < -0.4 is 5.32 Å². The van der Waals surface area contributed by atoms with Crippen LogP contribution in [-0.4, -0.2) is 29.1 Å². The molecule has 1 saturated heterocycles. The number of rotatable bonds is 4. The van der Waals surface area contributed by atoms with Crippen molar-refractivity contribution in [1.82, 2.24) is 10.2 Å². The molecule has 0 aromatic heterocycles. The summed E-state index contributed by atoms with van der Waals surface area (Å²) < 4.78 is 0. The van der Waals surface area contributed by atoms with Gasteiger partial charge in [0.25, 0.3) is 0 Å². The molecule has 104 valence electrons. The molecule has 1 amide bonds. The van der Waals surface area contributed by atoms with Gasteiger partial charge in [0.2, 0.25) is 5.91 Å². The summed E-state index contributed by atoms with van der Waals surface area (Å²) in [6.45, 7) is 13.3. The van der Waals surface area contributed by atoms with Gasteiger partial charge in [-0.15, -0.1) is 0 Å². The maximum atomic E-state index is 12.6. The Morgan fingerprint density at radius 3 is 2.28 bits per heavy atom. The number of amides is 1. The quantitative estimate of drug-likeness (QED) is 0.834. The number of nitrogens with one attached hydrogen (secondary N) is 1. The van der Waals surface area contributed by atoms with E-state index < -0.39 is 0 Å². The average molecular weight is 252 g/mol. The summed E-state index contributed by atoms with van der Waals surface area (Å²) in [5.41, 5.74) is 0.317. The van der Waals surface area contributed by atoms with Gasteiger partial charge in [-0.2, -0.15) is 0 Å². The van der Waals surface area contributed by atoms with Crippen LogP contribution in [0.15, 0.2) is 0 Å². The zero-order valence-corrected chi connectivity index (χ0v) is 12.7. The predicted octanol–water partition coefficient (Wildman–Crippen LogP) is 2.61. The van der Waals surface area contributed by atoms with Crippen LogP contribution in [0.3, 0.4) is 0 Å². The van der Waals surface area contributed by atoms with E-state index in [1.54, 1.807) is 0 Å². The summed E-state index contributed by atoms with van der Waals surface area (Å²) >= 11 is 0. The Morgan fingerprint density at radius 1 is 1.33 bits per heavy atom. The normalized spacial score (nSPS) is 34.8. The Bertz CT molecular complexity index is 335. The molecule has 0 aromatic carbocycles. The fourth-order valence-corrected chi connectivity index (χ4v) is 3.09. The summed E-state index contributed by atoms with van der Waals surface area (Å²) in [6.07, 6.45) is 2.33. The first kappa shape index (κ1) is 13.9. The van der Waals surface area contributed by atoms with Crippen molar-refractivity contribution in [1.29, 1.82) is 0 Å². The van der Waals surface area contributed by atoms with Gasteiger partial charge >= 0.3 is 0 Å². The van der Waals surface area contributed by atoms with E-state index in [0.717, 1.165) is 12.8 Å². The van der Waals surface area contributed by atoms with Crippen LogP contribution in [0.1, 0.15) is 54.4 Å². The number of carbonyl (C=O) groups excluding carboxylic acids is 1. The zero-order valence-electron chi connectivity index (χ0n) is 12.7. The summed E-state index contributed by atoms with van der Waals surface area (Å²) in [5.74, 6) is 1.37. The maximum Gasteiger partial charge on any atom is 0.241 e. The minimum Gasteiger partial charge on any atom is -0.322 e. The van der Waals surface area contributed by atoms with E-state index in [1.807, 2.05) is 0 Å². The highest BCUT2D eigenvalue weighted by atomic mass is 16.2. The molecule has 2 aliphatic rings. The van der Waals surface area contributed by atoms with E-state index in [-0.39, 0.29) is 12.2 Å². The van der Waals surface area contributed by atoms with Crippen LogP contribution in [0.2, 0.25) is 0 Å². The van der Waals surface area contributed by atoms with E-state index >= 15 is 0 Å². The second kappa shape index (κ2) is 4.52. The SMILES string of the molecule is CC(C)CC1NC(C(C)C)N(C2CC2(C)C)C1=O. The molecule has 1 N–H and O–H groups in total. The fraction of sp³-hybridized carbons (Fsp3) is 0.933. The molecule has 2 fully saturated rings. The Hall–Kier alpha value is -0.570. The van der Waals surface area contributed by atoms with Gasteiger partial charge in [0, 0.05) is 6.04 Å². The molecule has 18 heavy (non-hydrogen) atoms. The Kier molecular flexibility index (Phi) is 3.48. The van der Waals surface area contributed by atoms with E-state index in [9.17, 15) is 4.79 Å². The topological polar surface area (TPSA) is 32.3 Å². The van der Waals surface area contributed by atoms with Crippen LogP contribution in [0.5, 0.6) is 0 Å². The fourth-order valence-electron chi connectivity index (χ4n) is 3.09. The van der Waals surface area contributed by atoms with Gasteiger partial charge in [0.05, 0.1) is 12.2 Å². The lowest BCUT2D eigenvalue weighted by molar-refractivity contribution is -0.131. The lowest BCUT2D eigenvalue weighted by Gasteiger charge is -2.28. The first-order valence-electron chi connectivity index (χ1n) is 7.32. The van der Waals surface area contributed by atoms with E-state index in [0.29, 0.717) is 29.2 Å². The molecule has 3 atom stereocenters. The second-order valence-corrected chi connectivity index (χ2v) is 7.49. The molecule has 1 aliphatic carbocycles. The van der Waals surface area contributed by atoms with Crippen molar-refractivity contribution < 1.29 is 4.79 Å². The van der Waals surface area contributed by atoms with Gasteiger partial charge in [-0.25, -0.2) is 0 Å². The van der Waals surface area contributed by atoms with Crippen molar-refractivity contribution in [2.75, 3.05) is 0 Å². The smallest absolute Gasteiger partial charge is 0.241 e. The monoisotopic (exact) mass is 252 g/mol. The van der Waals surface area contributed by atoms with Crippen LogP contribution >= 0.6 is 0 Å². The van der Waals surface area contributed by atoms with Crippen molar-refractivity contribution in [2.45, 2.75) is 72.6 Å². The van der Waals surface area contributed by atoms with Crippen LogP contribution in [0.4, 0.5) is 0 Å². The van der Waals surface area contributed by atoms with Crippen molar-refractivity contribution in [3.05, 3.63) is 0 Å². The highest BCUT2D eigenvalue weighted by Gasteiger charge is 2.56. The van der Waals surface area contributed by atoms with E-state index in [2.05, 4.69) is 51.8 Å². The molecule has 0 radical (unpaired) electrons. The Labute approximate surface area is 111 Å². The summed E-state index contributed by atoms with van der Waals surface area (Å²) in [4.78, 5) is 14.7. The van der Waals surface area contributed by atoms with Gasteiger partial charge in [-0.1, -0.05) is 41.5 Å². The zero-order chi connectivity index (χ0) is 13.7. The minimum absolute atomic E-state index is 0.0359. The minimum atomic E-state index is 0.0359. The molecule has 3 nitrogen and oxygen atoms in total. The van der Waals surface area contributed by atoms with Gasteiger partial charge in [0.15, 0.2) is 0 Å². The Balaban J connectivity index is 2.13. The average Bonchev–Trinajstić information content (AvgIpc) is 2.70. The third-order valence-electron chi connectivity index (χ3n) is 4.36. The number of hydrogen-bond acceptors (Lipinski definition) is 2. The van der Waals surface area contributed by atoms with Gasteiger partial charge in [-0.05, 0) is 30.1 Å². The molecule has 0 aromatic rings. The molecular weight excluding hydrogens is 224 g/mol. The molecule has 1 saturated carbocycles. The van der Waals surface area contributed by atoms with Crippen LogP contribution in [0.25, 0.3) is 0 Å². The summed E-state index contributed by atoms with van der Waals surface area (Å²) in [5, 5.41) is 3.56. The first-order valence-corrected chi connectivity index (χ1v) is 7.32. The highest BCUT2D eigenvalue weighted by Crippen LogP contribution is 2.50. The standard InChI is InChI=1S/C15H28N2O/c1-9(2)7-11-14(18)17(12-8-15(12,5)6)13(16-11)10(3)4/h9-13,16H,7-8H2,1-6H3. The second-order valence-electron chi connectivity index (χ2n) is 7.49. The van der Waals surface area contributed by atoms with Gasteiger partial charge in [-0.3, -0.25) is 10.1 Å². The van der Waals surface area contributed by atoms with Crippen molar-refractivity contribution >= 4 is 5.91 Å². The van der Waals surface area contributed by atoms with Crippen molar-refractivity contribution in [3.63, 3.8) is 0 Å². The Morgan fingerprint density at radius 2 is 1.89 bits per heavy atom. The van der Waals surface area contributed by atoms with Crippen LogP contribution in [-0.2, 0) is 4.79 Å². The van der Waals surface area contributed by atoms with Crippen molar-refractivity contribution in [3.8, 4) is 0 Å². The van der Waals surface area contributed by atoms with Crippen LogP contribution in [0, 0.1) is 17.3 Å². The molecule has 1 aliphatic heterocycles. The third-order valence-corrected chi connectivity index (χ3v) is 4.36. The van der Waals surface area contributed by atoms with Gasteiger partial charge in [0.1, 0.15) is 0 Å². The maximum absolute atomic E-state index is 12.6. The molecule has 3 unspecified atom stereocenters. The largest absolute Gasteiger partial charge is 0.322 e. The van der Waals surface area contributed by atoms with E-state index in [4.69, 9.17) is 0 Å². The van der Waals surface area contributed by atoms with E-state index in [1.165, 1.54) is 0 Å². The molecule has 2 rings (SSSR count). The molecule has 3 heteroatoms. The van der Waals surface area contributed by atoms with Crippen molar-refractivity contribution in [2.24, 2.45) is 17.3 Å². The molecule has 0 spiro atoms. The number of carbonyl (C=O) groups is 1. The third kappa shape index (κ3) is 2.42. The first-order chi connectivity index (χ1) is 8.24. The number of nitrogens with zero attached hydrogens (tertiary/aromatic N) is 1.